The molecule has 2 heterocycles. The van der Waals surface area contributed by atoms with Crippen molar-refractivity contribution in [3.63, 3.8) is 0 Å². The van der Waals surface area contributed by atoms with Gasteiger partial charge in [-0.25, -0.2) is 4.98 Å². The highest BCUT2D eigenvalue weighted by molar-refractivity contribution is 7.99. The fraction of sp³-hybridized carbons (Fsp3) is 0.333. The van der Waals surface area contributed by atoms with E-state index in [4.69, 9.17) is 0 Å². The Morgan fingerprint density at radius 1 is 1.10 bits per heavy atom. The zero-order valence-corrected chi connectivity index (χ0v) is 16.9. The number of para-hydroxylation sites is 2. The quantitative estimate of drug-likeness (QED) is 0.585. The van der Waals surface area contributed by atoms with E-state index in [9.17, 15) is 13.6 Å². The Morgan fingerprint density at radius 2 is 1.86 bits per heavy atom. The summed E-state index contributed by atoms with van der Waals surface area (Å²) in [6.07, 6.45) is 0. The maximum absolute atomic E-state index is 13.5. The highest BCUT2D eigenvalue weighted by Gasteiger charge is 2.23. The largest absolute Gasteiger partial charge is 0.368 e. The number of carbonyl (C=O) groups is 1. The van der Waals surface area contributed by atoms with Gasteiger partial charge in [0.25, 0.3) is 0 Å². The van der Waals surface area contributed by atoms with Crippen molar-refractivity contribution in [2.24, 2.45) is 0 Å². The van der Waals surface area contributed by atoms with E-state index in [0.29, 0.717) is 24.1 Å². The minimum absolute atomic E-state index is 0.0493. The predicted octanol–water partition coefficient (Wildman–Crippen LogP) is 4.18. The Kier molecular flexibility index (Phi) is 5.71. The van der Waals surface area contributed by atoms with E-state index in [-0.39, 0.29) is 16.8 Å². The number of amides is 1. The van der Waals surface area contributed by atoms with E-state index in [1.807, 2.05) is 6.07 Å². The molecule has 1 saturated heterocycles. The third kappa shape index (κ3) is 4.22. The summed E-state index contributed by atoms with van der Waals surface area (Å²) in [7, 11) is 0. The molecular formula is C21H22F2N4OS. The van der Waals surface area contributed by atoms with E-state index >= 15 is 0 Å². The first-order chi connectivity index (χ1) is 14.0. The van der Waals surface area contributed by atoms with Crippen LogP contribution in [0.1, 0.15) is 12.1 Å². The highest BCUT2D eigenvalue weighted by atomic mass is 32.2. The second kappa shape index (κ2) is 8.41. The second-order valence-electron chi connectivity index (χ2n) is 7.03. The second-order valence-corrected chi connectivity index (χ2v) is 7.97. The van der Waals surface area contributed by atoms with Crippen LogP contribution in [0, 0.1) is 6.92 Å². The van der Waals surface area contributed by atoms with Crippen molar-refractivity contribution in [1.82, 2.24) is 14.5 Å². The van der Waals surface area contributed by atoms with E-state index in [1.165, 1.54) is 5.56 Å². The summed E-state index contributed by atoms with van der Waals surface area (Å²) in [6, 6.07) is 15.1. The molecule has 0 atom stereocenters. The lowest BCUT2D eigenvalue weighted by Crippen LogP contribution is -2.49. The van der Waals surface area contributed by atoms with Gasteiger partial charge in [-0.15, -0.1) is 0 Å². The molecule has 0 bridgehead atoms. The number of carbonyl (C=O) groups excluding carboxylic acids is 1. The molecule has 152 valence electrons. The molecule has 0 saturated carbocycles. The van der Waals surface area contributed by atoms with Crippen molar-refractivity contribution < 1.29 is 13.6 Å². The molecule has 4 rings (SSSR count). The number of anilines is 1. The molecule has 0 radical (unpaired) electrons. The van der Waals surface area contributed by atoms with Crippen molar-refractivity contribution >= 4 is 34.4 Å². The monoisotopic (exact) mass is 416 g/mol. The number of thioether (sulfide) groups is 1. The zero-order chi connectivity index (χ0) is 20.4. The van der Waals surface area contributed by atoms with Crippen LogP contribution in [0.2, 0.25) is 0 Å². The fourth-order valence-corrected chi connectivity index (χ4v) is 4.48. The lowest BCUT2D eigenvalue weighted by molar-refractivity contribution is -0.128. The molecule has 0 aliphatic carbocycles. The number of hydrogen-bond acceptors (Lipinski definition) is 4. The number of fused-ring (bicyclic) bond motifs is 1. The normalized spacial score (nSPS) is 14.8. The van der Waals surface area contributed by atoms with Crippen molar-refractivity contribution in [3.8, 4) is 0 Å². The van der Waals surface area contributed by atoms with Gasteiger partial charge in [-0.3, -0.25) is 9.36 Å². The van der Waals surface area contributed by atoms with Gasteiger partial charge in [0.2, 0.25) is 5.91 Å². The molecule has 0 N–H and O–H groups in total. The smallest absolute Gasteiger partial charge is 0.321 e. The lowest BCUT2D eigenvalue weighted by atomic mass is 10.2. The summed E-state index contributed by atoms with van der Waals surface area (Å²) >= 11 is 1.07. The molecule has 3 aromatic rings. The molecule has 8 heteroatoms. The van der Waals surface area contributed by atoms with Gasteiger partial charge >= 0.3 is 6.55 Å². The van der Waals surface area contributed by atoms with Crippen molar-refractivity contribution in [3.05, 3.63) is 54.1 Å². The van der Waals surface area contributed by atoms with Gasteiger partial charge in [0.1, 0.15) is 0 Å². The third-order valence-electron chi connectivity index (χ3n) is 5.08. The van der Waals surface area contributed by atoms with E-state index in [1.54, 1.807) is 29.2 Å². The molecule has 5 nitrogen and oxygen atoms in total. The fourth-order valence-electron chi connectivity index (χ4n) is 3.57. The van der Waals surface area contributed by atoms with Crippen LogP contribution in [0.5, 0.6) is 0 Å². The number of aryl methyl sites for hydroxylation is 1. The SMILES string of the molecule is Cc1cccc(N2CCN(C(=O)CSc3nc4ccccc4n3C(F)F)CC2)c1. The average molecular weight is 416 g/mol. The van der Waals surface area contributed by atoms with Crippen LogP contribution in [0.15, 0.2) is 53.7 Å². The molecule has 0 spiro atoms. The third-order valence-corrected chi connectivity index (χ3v) is 6.02. The number of halogens is 2. The van der Waals surface area contributed by atoms with Gasteiger partial charge in [-0.1, -0.05) is 36.0 Å². The Balaban J connectivity index is 1.37. The van der Waals surface area contributed by atoms with E-state index < -0.39 is 6.55 Å². The van der Waals surface area contributed by atoms with Crippen LogP contribution >= 0.6 is 11.8 Å². The Labute approximate surface area is 172 Å². The first kappa shape index (κ1) is 19.7. The molecule has 1 aromatic heterocycles. The number of alkyl halides is 2. The number of aromatic nitrogens is 2. The van der Waals surface area contributed by atoms with Gasteiger partial charge in [-0.05, 0) is 36.8 Å². The molecule has 2 aromatic carbocycles. The molecule has 1 aliphatic rings. The molecule has 1 amide bonds. The van der Waals surface area contributed by atoms with Gasteiger partial charge in [0.05, 0.1) is 16.8 Å². The Morgan fingerprint density at radius 3 is 2.59 bits per heavy atom. The van der Waals surface area contributed by atoms with Crippen LogP contribution in [0.3, 0.4) is 0 Å². The maximum Gasteiger partial charge on any atom is 0.321 e. The highest BCUT2D eigenvalue weighted by Crippen LogP contribution is 2.29. The lowest BCUT2D eigenvalue weighted by Gasteiger charge is -2.36. The van der Waals surface area contributed by atoms with Crippen LogP contribution in [-0.2, 0) is 4.79 Å². The zero-order valence-electron chi connectivity index (χ0n) is 16.1. The molecular weight excluding hydrogens is 394 g/mol. The summed E-state index contributed by atoms with van der Waals surface area (Å²) in [5.41, 5.74) is 3.26. The molecule has 29 heavy (non-hydrogen) atoms. The minimum Gasteiger partial charge on any atom is -0.368 e. The first-order valence-corrected chi connectivity index (χ1v) is 10.5. The van der Waals surface area contributed by atoms with Gasteiger partial charge in [0.15, 0.2) is 5.16 Å². The van der Waals surface area contributed by atoms with Crippen molar-refractivity contribution in [1.29, 1.82) is 0 Å². The summed E-state index contributed by atoms with van der Waals surface area (Å²) in [5, 5.41) is 0.174. The number of piperazine rings is 1. The summed E-state index contributed by atoms with van der Waals surface area (Å²) in [6.45, 7) is 2.13. The number of nitrogens with zero attached hydrogens (tertiary/aromatic N) is 4. The van der Waals surface area contributed by atoms with Crippen LogP contribution in [-0.4, -0.2) is 52.3 Å². The standard InChI is InChI=1S/C21H22F2N4OS/c1-15-5-4-6-16(13-15)25-9-11-26(12-10-25)19(28)14-29-21-24-17-7-2-3-8-18(17)27(21)20(22)23/h2-8,13,20H,9-12,14H2,1H3. The average Bonchev–Trinajstić information content (AvgIpc) is 3.11. The summed E-state index contributed by atoms with van der Waals surface area (Å²) in [4.78, 5) is 21.0. The number of rotatable bonds is 5. The van der Waals surface area contributed by atoms with Gasteiger partial charge < -0.3 is 9.80 Å². The number of imidazole rings is 1. The number of hydrogen-bond donors (Lipinski definition) is 0. The number of benzene rings is 2. The van der Waals surface area contributed by atoms with Crippen LogP contribution in [0.25, 0.3) is 11.0 Å². The van der Waals surface area contributed by atoms with Crippen LogP contribution in [0.4, 0.5) is 14.5 Å². The molecule has 1 fully saturated rings. The Bertz CT molecular complexity index is 1010. The maximum atomic E-state index is 13.5. The van der Waals surface area contributed by atoms with Crippen molar-refractivity contribution in [2.45, 2.75) is 18.6 Å². The van der Waals surface area contributed by atoms with E-state index in [0.717, 1.165) is 35.1 Å². The van der Waals surface area contributed by atoms with Crippen LogP contribution < -0.4 is 4.90 Å². The van der Waals surface area contributed by atoms with E-state index in [2.05, 4.69) is 35.0 Å². The van der Waals surface area contributed by atoms with Gasteiger partial charge in [0, 0.05) is 31.9 Å². The molecule has 1 aliphatic heterocycles. The van der Waals surface area contributed by atoms with Crippen molar-refractivity contribution in [2.75, 3.05) is 36.8 Å². The van der Waals surface area contributed by atoms with Gasteiger partial charge in [-0.2, -0.15) is 8.78 Å². The first-order valence-electron chi connectivity index (χ1n) is 9.50. The predicted molar refractivity (Wildman–Crippen MR) is 112 cm³/mol. The molecule has 0 unspecified atom stereocenters. The Hall–Kier alpha value is -2.61. The minimum atomic E-state index is -2.70. The summed E-state index contributed by atoms with van der Waals surface area (Å²) in [5.74, 6) is 0.0484. The topological polar surface area (TPSA) is 41.4 Å². The summed E-state index contributed by atoms with van der Waals surface area (Å²) < 4.78 is 27.9.